The van der Waals surface area contributed by atoms with Crippen molar-refractivity contribution in [3.63, 3.8) is 0 Å². The Labute approximate surface area is 102 Å². The van der Waals surface area contributed by atoms with Crippen LogP contribution in [0.2, 0.25) is 0 Å². The van der Waals surface area contributed by atoms with E-state index in [1.807, 2.05) is 0 Å². The van der Waals surface area contributed by atoms with Crippen molar-refractivity contribution >= 4 is 34.9 Å². The molecule has 1 aliphatic heterocycles. The third kappa shape index (κ3) is 1.94. The molecule has 2 N–H and O–H groups in total. The van der Waals surface area contributed by atoms with Crippen molar-refractivity contribution in [3.05, 3.63) is 34.9 Å². The Kier molecular flexibility index (Phi) is 2.72. The van der Waals surface area contributed by atoms with Gasteiger partial charge in [-0.1, -0.05) is 24.4 Å². The average molecular weight is 248 g/mol. The van der Waals surface area contributed by atoms with Gasteiger partial charge in [0.25, 0.3) is 5.91 Å². The van der Waals surface area contributed by atoms with Crippen molar-refractivity contribution < 1.29 is 14.7 Å². The number of rotatable bonds is 2. The molecule has 6 heteroatoms. The number of carboxylic acids is 1. The Morgan fingerprint density at radius 3 is 2.71 bits per heavy atom. The third-order valence-corrected chi connectivity index (χ3v) is 2.66. The van der Waals surface area contributed by atoms with Gasteiger partial charge in [0, 0.05) is 5.56 Å². The van der Waals surface area contributed by atoms with Gasteiger partial charge in [0.15, 0.2) is 4.99 Å². The topological polar surface area (TPSA) is 78.8 Å². The molecular weight excluding hydrogens is 240 g/mol. The SMILES string of the molecule is Cc1cccc(C(=O)O)c1C1=NC(=S)C(=O)N1. The van der Waals surface area contributed by atoms with E-state index < -0.39 is 11.9 Å². The van der Waals surface area contributed by atoms with Crippen LogP contribution in [-0.2, 0) is 4.79 Å². The number of carbonyl (C=O) groups excluding carboxylic acids is 1. The third-order valence-electron chi connectivity index (χ3n) is 2.38. The highest BCUT2D eigenvalue weighted by Crippen LogP contribution is 2.16. The molecule has 0 fully saturated rings. The molecule has 0 bridgehead atoms. The molecule has 0 atom stereocenters. The van der Waals surface area contributed by atoms with Crippen molar-refractivity contribution in [2.24, 2.45) is 4.99 Å². The predicted octanol–water partition coefficient (Wildman–Crippen LogP) is 0.897. The smallest absolute Gasteiger partial charge is 0.336 e. The fourth-order valence-electron chi connectivity index (χ4n) is 1.62. The molecule has 0 aromatic heterocycles. The van der Waals surface area contributed by atoms with Crippen LogP contribution < -0.4 is 5.32 Å². The fourth-order valence-corrected chi connectivity index (χ4v) is 1.76. The van der Waals surface area contributed by atoms with Gasteiger partial charge in [0.05, 0.1) is 5.56 Å². The number of hydrogen-bond donors (Lipinski definition) is 2. The lowest BCUT2D eigenvalue weighted by atomic mass is 10.0. The van der Waals surface area contributed by atoms with Gasteiger partial charge in [-0.05, 0) is 18.6 Å². The van der Waals surface area contributed by atoms with Crippen LogP contribution in [0, 0.1) is 6.92 Å². The summed E-state index contributed by atoms with van der Waals surface area (Å²) in [5.74, 6) is -1.34. The lowest BCUT2D eigenvalue weighted by Crippen LogP contribution is -2.28. The summed E-state index contributed by atoms with van der Waals surface area (Å²) in [5.41, 5.74) is 1.20. The predicted molar refractivity (Wildman–Crippen MR) is 65.4 cm³/mol. The van der Waals surface area contributed by atoms with Crippen LogP contribution in [0.25, 0.3) is 0 Å². The maximum atomic E-state index is 11.2. The van der Waals surface area contributed by atoms with Gasteiger partial charge < -0.3 is 10.4 Å². The summed E-state index contributed by atoms with van der Waals surface area (Å²) in [6.07, 6.45) is 0. The van der Waals surface area contributed by atoms with E-state index in [2.05, 4.69) is 10.3 Å². The molecule has 0 saturated carbocycles. The molecule has 1 aromatic carbocycles. The van der Waals surface area contributed by atoms with Crippen LogP contribution in [0.15, 0.2) is 23.2 Å². The van der Waals surface area contributed by atoms with Crippen LogP contribution in [0.5, 0.6) is 0 Å². The van der Waals surface area contributed by atoms with E-state index in [4.69, 9.17) is 17.3 Å². The molecule has 86 valence electrons. The minimum atomic E-state index is -1.07. The number of benzene rings is 1. The summed E-state index contributed by atoms with van der Waals surface area (Å²) in [4.78, 5) is 26.1. The van der Waals surface area contributed by atoms with Gasteiger partial charge >= 0.3 is 5.97 Å². The maximum absolute atomic E-state index is 11.2. The second-order valence-electron chi connectivity index (χ2n) is 3.52. The molecule has 0 unspecified atom stereocenters. The first-order chi connectivity index (χ1) is 8.00. The average Bonchev–Trinajstić information content (AvgIpc) is 2.58. The maximum Gasteiger partial charge on any atom is 0.336 e. The van der Waals surface area contributed by atoms with Crippen LogP contribution in [0.4, 0.5) is 0 Å². The van der Waals surface area contributed by atoms with Crippen LogP contribution >= 0.6 is 12.2 Å². The molecule has 5 nitrogen and oxygen atoms in total. The highest BCUT2D eigenvalue weighted by Gasteiger charge is 2.25. The van der Waals surface area contributed by atoms with Crippen molar-refractivity contribution in [1.29, 1.82) is 0 Å². The van der Waals surface area contributed by atoms with E-state index in [-0.39, 0.29) is 16.4 Å². The first-order valence-electron chi connectivity index (χ1n) is 4.78. The Morgan fingerprint density at radius 1 is 1.47 bits per heavy atom. The zero-order chi connectivity index (χ0) is 12.6. The number of nitrogens with one attached hydrogen (secondary N) is 1. The molecule has 0 radical (unpaired) electrons. The zero-order valence-electron chi connectivity index (χ0n) is 8.85. The van der Waals surface area contributed by atoms with Crippen LogP contribution in [0.3, 0.4) is 0 Å². The Balaban J connectivity index is 2.60. The monoisotopic (exact) mass is 248 g/mol. The number of hydrogen-bond acceptors (Lipinski definition) is 3. The minimum Gasteiger partial charge on any atom is -0.478 e. The van der Waals surface area contributed by atoms with E-state index in [0.29, 0.717) is 11.1 Å². The summed E-state index contributed by atoms with van der Waals surface area (Å²) in [6.45, 7) is 1.75. The van der Waals surface area contributed by atoms with E-state index in [0.717, 1.165) is 0 Å². The number of thiocarbonyl (C=S) groups is 1. The largest absolute Gasteiger partial charge is 0.478 e. The molecule has 1 amide bonds. The summed E-state index contributed by atoms with van der Waals surface area (Å²) < 4.78 is 0. The second-order valence-corrected chi connectivity index (χ2v) is 3.91. The van der Waals surface area contributed by atoms with E-state index in [1.165, 1.54) is 6.07 Å². The van der Waals surface area contributed by atoms with Gasteiger partial charge in [-0.25, -0.2) is 9.79 Å². The number of aliphatic imine (C=N–C) groups is 1. The van der Waals surface area contributed by atoms with Crippen LogP contribution in [-0.4, -0.2) is 27.8 Å². The standard InChI is InChI=1S/C11H8N2O3S/c1-5-3-2-4-6(11(15)16)7(5)8-12-9(14)10(17)13-8/h2-4H,1H3,(H,15,16)(H,12,13,14,17). The van der Waals surface area contributed by atoms with E-state index >= 15 is 0 Å². The lowest BCUT2D eigenvalue weighted by molar-refractivity contribution is -0.113. The first kappa shape index (κ1) is 11.4. The molecule has 0 saturated heterocycles. The van der Waals surface area contributed by atoms with Crippen molar-refractivity contribution in [2.75, 3.05) is 0 Å². The van der Waals surface area contributed by atoms with Gasteiger partial charge in [-0.3, -0.25) is 4.79 Å². The Hall–Kier alpha value is -2.08. The second kappa shape index (κ2) is 4.06. The van der Waals surface area contributed by atoms with Crippen molar-refractivity contribution in [2.45, 2.75) is 6.92 Å². The molecule has 2 rings (SSSR count). The van der Waals surface area contributed by atoms with Crippen LogP contribution in [0.1, 0.15) is 21.5 Å². The van der Waals surface area contributed by atoms with Gasteiger partial charge in [0.2, 0.25) is 0 Å². The normalized spacial score (nSPS) is 14.5. The quantitative estimate of drug-likeness (QED) is 0.762. The van der Waals surface area contributed by atoms with Crippen molar-refractivity contribution in [3.8, 4) is 0 Å². The number of carbonyl (C=O) groups is 2. The minimum absolute atomic E-state index is 0.0837. The van der Waals surface area contributed by atoms with Gasteiger partial charge in [0.1, 0.15) is 5.84 Å². The van der Waals surface area contributed by atoms with Gasteiger partial charge in [-0.15, -0.1) is 0 Å². The number of carboxylic acid groups (broad SMARTS) is 1. The summed E-state index contributed by atoms with van der Waals surface area (Å²) in [6, 6.07) is 4.84. The lowest BCUT2D eigenvalue weighted by Gasteiger charge is -2.08. The fraction of sp³-hybridized carbons (Fsp3) is 0.0909. The highest BCUT2D eigenvalue weighted by molar-refractivity contribution is 7.82. The van der Waals surface area contributed by atoms with Crippen molar-refractivity contribution in [1.82, 2.24) is 5.32 Å². The molecule has 1 aliphatic rings. The van der Waals surface area contributed by atoms with E-state index in [9.17, 15) is 9.59 Å². The highest BCUT2D eigenvalue weighted by atomic mass is 32.1. The summed E-state index contributed by atoms with van der Waals surface area (Å²) in [7, 11) is 0. The molecular formula is C11H8N2O3S. The van der Waals surface area contributed by atoms with E-state index in [1.54, 1.807) is 19.1 Å². The Morgan fingerprint density at radius 2 is 2.18 bits per heavy atom. The molecule has 1 aromatic rings. The molecule has 1 heterocycles. The first-order valence-corrected chi connectivity index (χ1v) is 5.19. The van der Waals surface area contributed by atoms with Gasteiger partial charge in [-0.2, -0.15) is 0 Å². The molecule has 0 spiro atoms. The summed E-state index contributed by atoms with van der Waals surface area (Å²) in [5, 5.41) is 11.5. The molecule has 17 heavy (non-hydrogen) atoms. The molecule has 0 aliphatic carbocycles. The zero-order valence-corrected chi connectivity index (χ0v) is 9.67. The Bertz CT molecular complexity index is 578. The number of amidine groups is 1. The number of amides is 1. The summed E-state index contributed by atoms with van der Waals surface area (Å²) >= 11 is 4.72. The number of nitrogens with zero attached hydrogens (tertiary/aromatic N) is 1. The number of aromatic carboxylic acids is 1. The number of aryl methyl sites for hydroxylation is 1.